The van der Waals surface area contributed by atoms with E-state index in [1.165, 1.54) is 0 Å². The largest absolute Gasteiger partial charge is 0.490 e. The molecule has 4 rings (SSSR count). The summed E-state index contributed by atoms with van der Waals surface area (Å²) in [7, 11) is 0. The van der Waals surface area contributed by atoms with Gasteiger partial charge < -0.3 is 14.5 Å². The molecule has 2 heterocycles. The van der Waals surface area contributed by atoms with E-state index in [4.69, 9.17) is 9.15 Å². The molecule has 0 amide bonds. The van der Waals surface area contributed by atoms with Crippen LogP contribution in [-0.2, 0) is 0 Å². The van der Waals surface area contributed by atoms with Crippen LogP contribution in [0.5, 0.6) is 5.75 Å². The van der Waals surface area contributed by atoms with Crippen molar-refractivity contribution in [3.05, 3.63) is 48.5 Å². The lowest BCUT2D eigenvalue weighted by atomic mass is 10.1. The smallest absolute Gasteiger partial charge is 0.227 e. The maximum atomic E-state index is 6.05. The summed E-state index contributed by atoms with van der Waals surface area (Å²) in [5.41, 5.74) is 2.61. The summed E-state index contributed by atoms with van der Waals surface area (Å²) < 4.78 is 11.9. The number of rotatable bonds is 3. The Kier molecular flexibility index (Phi) is 3.52. The predicted molar refractivity (Wildman–Crippen MR) is 86.0 cm³/mol. The fraction of sp³-hybridized carbons (Fsp3) is 0.278. The van der Waals surface area contributed by atoms with Gasteiger partial charge in [0, 0.05) is 11.6 Å². The van der Waals surface area contributed by atoms with Crippen molar-refractivity contribution in [1.29, 1.82) is 0 Å². The minimum atomic E-state index is 0.287. The molecule has 0 bridgehead atoms. The second-order valence-electron chi connectivity index (χ2n) is 5.58. The van der Waals surface area contributed by atoms with Gasteiger partial charge in [-0.2, -0.15) is 0 Å². The number of aromatic nitrogens is 1. The zero-order chi connectivity index (χ0) is 14.8. The molecule has 0 aliphatic carbocycles. The van der Waals surface area contributed by atoms with Crippen LogP contribution < -0.4 is 10.1 Å². The molecule has 4 nitrogen and oxygen atoms in total. The van der Waals surface area contributed by atoms with Crippen LogP contribution in [0, 0.1) is 0 Å². The van der Waals surface area contributed by atoms with Crippen LogP contribution in [0.2, 0.25) is 0 Å². The third-order valence-electron chi connectivity index (χ3n) is 3.97. The van der Waals surface area contributed by atoms with Crippen molar-refractivity contribution in [3.63, 3.8) is 0 Å². The van der Waals surface area contributed by atoms with Gasteiger partial charge >= 0.3 is 0 Å². The van der Waals surface area contributed by atoms with Gasteiger partial charge in [0.15, 0.2) is 5.58 Å². The molecule has 1 aliphatic rings. The van der Waals surface area contributed by atoms with Gasteiger partial charge in [-0.15, -0.1) is 0 Å². The van der Waals surface area contributed by atoms with Crippen LogP contribution in [0.25, 0.3) is 22.6 Å². The van der Waals surface area contributed by atoms with Crippen molar-refractivity contribution in [2.24, 2.45) is 0 Å². The molecular weight excluding hydrogens is 276 g/mol. The summed E-state index contributed by atoms with van der Waals surface area (Å²) in [6.07, 6.45) is 2.38. The number of ether oxygens (including phenoxy) is 1. The molecule has 0 spiro atoms. The van der Waals surface area contributed by atoms with Crippen LogP contribution >= 0.6 is 0 Å². The average Bonchev–Trinajstić information content (AvgIpc) is 3.00. The Morgan fingerprint density at radius 3 is 2.68 bits per heavy atom. The molecule has 0 radical (unpaired) electrons. The number of nitrogens with zero attached hydrogens (tertiary/aromatic N) is 1. The van der Waals surface area contributed by atoms with E-state index in [-0.39, 0.29) is 6.10 Å². The highest BCUT2D eigenvalue weighted by molar-refractivity contribution is 5.77. The molecule has 1 aliphatic heterocycles. The third kappa shape index (κ3) is 2.70. The monoisotopic (exact) mass is 294 g/mol. The van der Waals surface area contributed by atoms with E-state index < -0.39 is 0 Å². The molecule has 1 aromatic heterocycles. The fourth-order valence-electron chi connectivity index (χ4n) is 2.79. The molecule has 0 saturated carbocycles. The number of fused-ring (bicyclic) bond motifs is 1. The van der Waals surface area contributed by atoms with Gasteiger partial charge in [0.05, 0.1) is 0 Å². The van der Waals surface area contributed by atoms with Gasteiger partial charge in [-0.25, -0.2) is 4.98 Å². The van der Waals surface area contributed by atoms with Crippen LogP contribution in [0.3, 0.4) is 0 Å². The molecule has 1 fully saturated rings. The number of piperidine rings is 1. The summed E-state index contributed by atoms with van der Waals surface area (Å²) in [5.74, 6) is 1.50. The summed E-state index contributed by atoms with van der Waals surface area (Å²) in [5, 5.41) is 3.34. The Hall–Kier alpha value is -2.33. The van der Waals surface area contributed by atoms with Crippen molar-refractivity contribution in [2.75, 3.05) is 13.1 Å². The van der Waals surface area contributed by atoms with Crippen molar-refractivity contribution in [1.82, 2.24) is 10.3 Å². The minimum absolute atomic E-state index is 0.287. The third-order valence-corrected chi connectivity index (χ3v) is 3.97. The van der Waals surface area contributed by atoms with E-state index >= 15 is 0 Å². The lowest BCUT2D eigenvalue weighted by Crippen LogP contribution is -2.34. The van der Waals surface area contributed by atoms with E-state index in [0.717, 1.165) is 48.3 Å². The standard InChI is InChI=1S/C18H18N2O2/c1-2-4-13(5-3-1)18-20-16-7-6-15(12-17(16)22-18)21-14-8-10-19-11-9-14/h1-7,12,14,19H,8-11H2. The molecule has 22 heavy (non-hydrogen) atoms. The molecule has 0 atom stereocenters. The van der Waals surface area contributed by atoms with E-state index in [1.54, 1.807) is 0 Å². The van der Waals surface area contributed by atoms with Crippen molar-refractivity contribution in [3.8, 4) is 17.2 Å². The van der Waals surface area contributed by atoms with Gasteiger partial charge in [0.25, 0.3) is 0 Å². The number of oxazole rings is 1. The predicted octanol–water partition coefficient (Wildman–Crippen LogP) is 3.63. The lowest BCUT2D eigenvalue weighted by Gasteiger charge is -2.23. The molecule has 112 valence electrons. The van der Waals surface area contributed by atoms with Crippen LogP contribution in [0.1, 0.15) is 12.8 Å². The Balaban J connectivity index is 1.60. The fourth-order valence-corrected chi connectivity index (χ4v) is 2.79. The van der Waals surface area contributed by atoms with E-state index in [1.807, 2.05) is 48.5 Å². The maximum Gasteiger partial charge on any atom is 0.227 e. The summed E-state index contributed by atoms with van der Waals surface area (Å²) >= 11 is 0. The van der Waals surface area contributed by atoms with E-state index in [0.29, 0.717) is 5.89 Å². The molecule has 0 unspecified atom stereocenters. The summed E-state index contributed by atoms with van der Waals surface area (Å²) in [4.78, 5) is 4.54. The SMILES string of the molecule is c1ccc(-c2nc3ccc(OC4CCNCC4)cc3o2)cc1. The van der Waals surface area contributed by atoms with Crippen LogP contribution in [0.15, 0.2) is 52.9 Å². The molecule has 2 aromatic carbocycles. The minimum Gasteiger partial charge on any atom is -0.490 e. The summed E-state index contributed by atoms with van der Waals surface area (Å²) in [6.45, 7) is 2.04. The zero-order valence-electron chi connectivity index (χ0n) is 12.3. The van der Waals surface area contributed by atoms with Crippen LogP contribution in [0.4, 0.5) is 0 Å². The van der Waals surface area contributed by atoms with E-state index in [2.05, 4.69) is 10.3 Å². The van der Waals surface area contributed by atoms with Gasteiger partial charge in [-0.05, 0) is 50.2 Å². The lowest BCUT2D eigenvalue weighted by molar-refractivity contribution is 0.162. The topological polar surface area (TPSA) is 47.3 Å². The summed E-state index contributed by atoms with van der Waals surface area (Å²) in [6, 6.07) is 15.8. The number of nitrogens with one attached hydrogen (secondary N) is 1. The van der Waals surface area contributed by atoms with Gasteiger partial charge in [0.2, 0.25) is 5.89 Å². The first kappa shape index (κ1) is 13.3. The Labute approximate surface area is 129 Å². The first-order valence-corrected chi connectivity index (χ1v) is 7.72. The number of hydrogen-bond donors (Lipinski definition) is 1. The Morgan fingerprint density at radius 2 is 1.86 bits per heavy atom. The molecular formula is C18H18N2O2. The van der Waals surface area contributed by atoms with Crippen LogP contribution in [-0.4, -0.2) is 24.2 Å². The number of hydrogen-bond acceptors (Lipinski definition) is 4. The highest BCUT2D eigenvalue weighted by Gasteiger charge is 2.15. The van der Waals surface area contributed by atoms with E-state index in [9.17, 15) is 0 Å². The molecule has 1 N–H and O–H groups in total. The van der Waals surface area contributed by atoms with Gasteiger partial charge in [-0.3, -0.25) is 0 Å². The second kappa shape index (κ2) is 5.81. The molecule has 1 saturated heterocycles. The average molecular weight is 294 g/mol. The van der Waals surface area contributed by atoms with Crippen molar-refractivity contribution in [2.45, 2.75) is 18.9 Å². The number of benzene rings is 2. The zero-order valence-corrected chi connectivity index (χ0v) is 12.3. The first-order chi connectivity index (χ1) is 10.9. The quantitative estimate of drug-likeness (QED) is 0.801. The Morgan fingerprint density at radius 1 is 1.05 bits per heavy atom. The molecule has 4 heteroatoms. The Bertz CT molecular complexity index is 761. The maximum absolute atomic E-state index is 6.05. The highest BCUT2D eigenvalue weighted by Crippen LogP contribution is 2.27. The normalized spacial score (nSPS) is 16.0. The highest BCUT2D eigenvalue weighted by atomic mass is 16.5. The van der Waals surface area contributed by atoms with Crippen molar-refractivity contribution >= 4 is 11.1 Å². The van der Waals surface area contributed by atoms with Crippen molar-refractivity contribution < 1.29 is 9.15 Å². The molecule has 3 aromatic rings. The second-order valence-corrected chi connectivity index (χ2v) is 5.58. The van der Waals surface area contributed by atoms with Gasteiger partial charge in [-0.1, -0.05) is 18.2 Å². The first-order valence-electron chi connectivity index (χ1n) is 7.72. The van der Waals surface area contributed by atoms with Gasteiger partial charge in [0.1, 0.15) is 17.4 Å².